The number of hydrogen-bond donors (Lipinski definition) is 1. The first-order valence-corrected chi connectivity index (χ1v) is 10.1. The summed E-state index contributed by atoms with van der Waals surface area (Å²) in [5.41, 5.74) is 0. The first-order chi connectivity index (χ1) is 18.2. The number of epoxide rings is 1. The van der Waals surface area contributed by atoms with E-state index in [0.717, 1.165) is 0 Å². The molecule has 0 aromatic heterocycles. The van der Waals surface area contributed by atoms with Gasteiger partial charge in [0, 0.05) is 13.5 Å². The molecule has 0 saturated carbocycles. The van der Waals surface area contributed by atoms with Crippen LogP contribution >= 0.6 is 0 Å². The molecule has 252 valence electrons. The molecule has 0 amide bonds. The lowest BCUT2D eigenvalue weighted by Gasteiger charge is -2.44. The van der Waals surface area contributed by atoms with E-state index in [4.69, 9.17) is 0 Å². The molecular weight excluding hydrogens is 667 g/mol. The predicted octanol–water partition coefficient (Wildman–Crippen LogP) is 6.41. The molecule has 1 aliphatic heterocycles. The Bertz CT molecular complexity index is 942. The van der Waals surface area contributed by atoms with Gasteiger partial charge in [0.2, 0.25) is 0 Å². The number of rotatable bonds is 15. The van der Waals surface area contributed by atoms with Gasteiger partial charge in [-0.15, -0.1) is 0 Å². The SMILES string of the molecule is COC(OCC1CO1)C(O)CC(F)(F)C(F)(F)C(F)(F)C(F)(F)C(F)(F)C(F)(F)C(F)(F)C(F)(F)C(F)(F)C(F)(F)F. The molecule has 0 aliphatic carbocycles. The third kappa shape index (κ3) is 5.54. The van der Waals surface area contributed by atoms with Gasteiger partial charge in [-0.25, -0.2) is 0 Å². The molecule has 25 heteroatoms. The summed E-state index contributed by atoms with van der Waals surface area (Å²) in [5.74, 6) is -77.9. The smallest absolute Gasteiger partial charge is 0.388 e. The van der Waals surface area contributed by atoms with Crippen LogP contribution in [0.5, 0.6) is 0 Å². The first-order valence-electron chi connectivity index (χ1n) is 10.1. The molecule has 4 nitrogen and oxygen atoms in total. The molecule has 0 aromatic carbocycles. The number of ether oxygens (including phenoxy) is 3. The van der Waals surface area contributed by atoms with Gasteiger partial charge in [-0.2, -0.15) is 92.2 Å². The molecule has 3 atom stereocenters. The van der Waals surface area contributed by atoms with Gasteiger partial charge < -0.3 is 19.3 Å². The highest BCUT2D eigenvalue weighted by atomic mass is 19.4. The maximum absolute atomic E-state index is 14.0. The maximum Gasteiger partial charge on any atom is 0.460 e. The van der Waals surface area contributed by atoms with Gasteiger partial charge in [-0.1, -0.05) is 0 Å². The highest BCUT2D eigenvalue weighted by Crippen LogP contribution is 2.66. The third-order valence-electron chi connectivity index (χ3n) is 5.44. The Hall–Kier alpha value is -1.63. The zero-order valence-corrected chi connectivity index (χ0v) is 19.5. The topological polar surface area (TPSA) is 51.2 Å². The van der Waals surface area contributed by atoms with Crippen molar-refractivity contribution in [2.75, 3.05) is 20.3 Å². The van der Waals surface area contributed by atoms with Crippen LogP contribution in [0.1, 0.15) is 6.42 Å². The minimum atomic E-state index is -9.24. The van der Waals surface area contributed by atoms with Gasteiger partial charge in [0.15, 0.2) is 6.29 Å². The maximum atomic E-state index is 14.0. The zero-order valence-electron chi connectivity index (χ0n) is 19.5. The summed E-state index contributed by atoms with van der Waals surface area (Å²) < 4.78 is 294. The van der Waals surface area contributed by atoms with Crippen molar-refractivity contribution in [2.45, 2.75) is 84.4 Å². The summed E-state index contributed by atoms with van der Waals surface area (Å²) in [6.45, 7) is -0.737. The standard InChI is InChI=1S/C17H13F21O4/c1-40-7(42-4-5-3-41-5)6(39)2-8(18,19)9(20,21)10(22,23)11(24,25)12(26,27)13(28,29)14(30,31)15(32,33)16(34,35)17(36,37)38/h5-7,39H,2-4H2,1H3. The van der Waals surface area contributed by atoms with Gasteiger partial charge in [0.25, 0.3) is 0 Å². The van der Waals surface area contributed by atoms with Crippen LogP contribution in [0.25, 0.3) is 0 Å². The summed E-state index contributed by atoms with van der Waals surface area (Å²) in [5, 5.41) is 9.49. The molecule has 1 rings (SSSR count). The van der Waals surface area contributed by atoms with Crippen molar-refractivity contribution in [3.63, 3.8) is 0 Å². The Balaban J connectivity index is 3.55. The van der Waals surface area contributed by atoms with Crippen molar-refractivity contribution in [3.8, 4) is 0 Å². The fraction of sp³-hybridized carbons (Fsp3) is 1.00. The second kappa shape index (κ2) is 10.8. The van der Waals surface area contributed by atoms with E-state index in [2.05, 4.69) is 14.2 Å². The normalized spacial score (nSPS) is 20.5. The molecule has 1 saturated heterocycles. The summed E-state index contributed by atoms with van der Waals surface area (Å²) >= 11 is 0. The Morgan fingerprint density at radius 2 is 0.905 bits per heavy atom. The summed E-state index contributed by atoms with van der Waals surface area (Å²) in [6.07, 6.45) is -17.9. The second-order valence-electron chi connectivity index (χ2n) is 8.46. The average molecular weight is 680 g/mol. The summed E-state index contributed by atoms with van der Waals surface area (Å²) in [4.78, 5) is 0. The van der Waals surface area contributed by atoms with E-state index in [-0.39, 0.29) is 6.61 Å². The first kappa shape index (κ1) is 38.4. The van der Waals surface area contributed by atoms with Crippen molar-refractivity contribution in [1.29, 1.82) is 0 Å². The lowest BCUT2D eigenvalue weighted by atomic mass is 9.85. The molecule has 1 heterocycles. The van der Waals surface area contributed by atoms with Crippen LogP contribution in [-0.4, -0.2) is 103 Å². The van der Waals surface area contributed by atoms with Gasteiger partial charge in [-0.05, 0) is 0 Å². The number of aliphatic hydroxyl groups excluding tert-OH is 1. The fourth-order valence-corrected chi connectivity index (χ4v) is 2.78. The minimum absolute atomic E-state index is 0.0558. The number of methoxy groups -OCH3 is 1. The van der Waals surface area contributed by atoms with Gasteiger partial charge in [-0.3, -0.25) is 0 Å². The molecule has 1 fully saturated rings. The number of aliphatic hydroxyl groups is 1. The van der Waals surface area contributed by atoms with Crippen LogP contribution in [0.3, 0.4) is 0 Å². The van der Waals surface area contributed by atoms with Crippen molar-refractivity contribution in [2.24, 2.45) is 0 Å². The average Bonchev–Trinajstić information content (AvgIpc) is 3.61. The lowest BCUT2D eigenvalue weighted by Crippen LogP contribution is -2.76. The molecule has 1 N–H and O–H groups in total. The van der Waals surface area contributed by atoms with E-state index < -0.39 is 91.0 Å². The fourth-order valence-electron chi connectivity index (χ4n) is 2.78. The Kier molecular flexibility index (Phi) is 9.84. The molecule has 1 aliphatic rings. The van der Waals surface area contributed by atoms with Crippen LogP contribution < -0.4 is 0 Å². The molecule has 42 heavy (non-hydrogen) atoms. The van der Waals surface area contributed by atoms with Crippen molar-refractivity contribution >= 4 is 0 Å². The number of alkyl halides is 21. The van der Waals surface area contributed by atoms with E-state index >= 15 is 0 Å². The van der Waals surface area contributed by atoms with Gasteiger partial charge in [0.1, 0.15) is 12.2 Å². The monoisotopic (exact) mass is 680 g/mol. The molecule has 0 bridgehead atoms. The van der Waals surface area contributed by atoms with Crippen LogP contribution in [0, 0.1) is 0 Å². The Labute approximate surface area is 217 Å². The van der Waals surface area contributed by atoms with Crippen molar-refractivity contribution < 1.29 is 112 Å². The summed E-state index contributed by atoms with van der Waals surface area (Å²) in [6, 6.07) is 0. The lowest BCUT2D eigenvalue weighted by molar-refractivity contribution is -0.474. The van der Waals surface area contributed by atoms with Crippen LogP contribution in [0.2, 0.25) is 0 Å². The summed E-state index contributed by atoms with van der Waals surface area (Å²) in [7, 11) is 0.474. The van der Waals surface area contributed by atoms with Crippen LogP contribution in [0.4, 0.5) is 92.2 Å². The van der Waals surface area contributed by atoms with E-state index in [1.807, 2.05) is 0 Å². The van der Waals surface area contributed by atoms with Crippen molar-refractivity contribution in [3.05, 3.63) is 0 Å². The Morgan fingerprint density at radius 3 is 1.19 bits per heavy atom. The Morgan fingerprint density at radius 1 is 0.595 bits per heavy atom. The quantitative estimate of drug-likeness (QED) is 0.124. The van der Waals surface area contributed by atoms with E-state index in [1.165, 1.54) is 0 Å². The number of hydrogen-bond acceptors (Lipinski definition) is 4. The highest BCUT2D eigenvalue weighted by molar-refractivity contribution is 5.18. The largest absolute Gasteiger partial charge is 0.460 e. The van der Waals surface area contributed by atoms with E-state index in [9.17, 15) is 97.3 Å². The van der Waals surface area contributed by atoms with Gasteiger partial charge in [0.05, 0.1) is 13.2 Å². The second-order valence-corrected chi connectivity index (χ2v) is 8.46. The van der Waals surface area contributed by atoms with Crippen LogP contribution in [-0.2, 0) is 14.2 Å². The van der Waals surface area contributed by atoms with Gasteiger partial charge >= 0.3 is 59.5 Å². The zero-order chi connectivity index (χ0) is 34.0. The van der Waals surface area contributed by atoms with E-state index in [1.54, 1.807) is 0 Å². The molecule has 0 radical (unpaired) electrons. The minimum Gasteiger partial charge on any atom is -0.388 e. The van der Waals surface area contributed by atoms with Crippen LogP contribution in [0.15, 0.2) is 0 Å². The predicted molar refractivity (Wildman–Crippen MR) is 87.7 cm³/mol. The molecule has 3 unspecified atom stereocenters. The van der Waals surface area contributed by atoms with Crippen molar-refractivity contribution in [1.82, 2.24) is 0 Å². The molecule has 0 aromatic rings. The molecule has 0 spiro atoms. The highest BCUT2D eigenvalue weighted by Gasteiger charge is 2.97. The van der Waals surface area contributed by atoms with E-state index in [0.29, 0.717) is 7.11 Å². The third-order valence-corrected chi connectivity index (χ3v) is 5.44. The number of halogens is 21. The molecular formula is C17H13F21O4.